The Balaban J connectivity index is 1.75. The number of rotatable bonds is 7. The lowest BCUT2D eigenvalue weighted by molar-refractivity contribution is -0.151. The van der Waals surface area contributed by atoms with Crippen molar-refractivity contribution in [3.05, 3.63) is 52.4 Å². The van der Waals surface area contributed by atoms with Gasteiger partial charge in [-0.05, 0) is 69.1 Å². The van der Waals surface area contributed by atoms with Gasteiger partial charge in [-0.2, -0.15) is 0 Å². The van der Waals surface area contributed by atoms with Crippen molar-refractivity contribution in [1.29, 1.82) is 0 Å². The van der Waals surface area contributed by atoms with Gasteiger partial charge in [0.1, 0.15) is 17.8 Å². The molecule has 7 heteroatoms. The summed E-state index contributed by atoms with van der Waals surface area (Å²) in [6, 6.07) is 7.51. The van der Waals surface area contributed by atoms with Crippen LogP contribution in [0.2, 0.25) is 0 Å². The Morgan fingerprint density at radius 1 is 1.08 bits per heavy atom. The van der Waals surface area contributed by atoms with Crippen LogP contribution in [0.3, 0.4) is 0 Å². The van der Waals surface area contributed by atoms with Gasteiger partial charge < -0.3 is 19.5 Å². The molecule has 3 unspecified atom stereocenters. The number of carbonyl (C=O) groups is 3. The molecule has 1 N–H and O–H groups in total. The van der Waals surface area contributed by atoms with Gasteiger partial charge in [0.2, 0.25) is 0 Å². The molecule has 1 aliphatic heterocycles. The second-order valence-corrected chi connectivity index (χ2v) is 10.1. The molecule has 0 aromatic heterocycles. The Kier molecular flexibility index (Phi) is 8.17. The van der Waals surface area contributed by atoms with Crippen LogP contribution in [-0.4, -0.2) is 37.5 Å². The molecule has 0 saturated heterocycles. The van der Waals surface area contributed by atoms with E-state index >= 15 is 0 Å². The average molecular weight is 496 g/mol. The molecule has 36 heavy (non-hydrogen) atoms. The zero-order valence-electron chi connectivity index (χ0n) is 21.7. The van der Waals surface area contributed by atoms with Crippen LogP contribution in [0.4, 0.5) is 0 Å². The van der Waals surface area contributed by atoms with Crippen LogP contribution in [0.1, 0.15) is 77.2 Å². The first-order chi connectivity index (χ1) is 17.3. The third kappa shape index (κ3) is 5.20. The number of dihydropyridines is 1. The molecule has 1 aromatic carbocycles. The summed E-state index contributed by atoms with van der Waals surface area (Å²) in [5, 5.41) is 3.32. The highest BCUT2D eigenvalue weighted by molar-refractivity contribution is 6.12. The van der Waals surface area contributed by atoms with E-state index in [-0.39, 0.29) is 17.8 Å². The van der Waals surface area contributed by atoms with E-state index in [0.717, 1.165) is 55.5 Å². The van der Waals surface area contributed by atoms with Crippen molar-refractivity contribution in [2.75, 3.05) is 13.7 Å². The van der Waals surface area contributed by atoms with Gasteiger partial charge in [0, 0.05) is 22.9 Å². The first-order valence-corrected chi connectivity index (χ1v) is 13.1. The van der Waals surface area contributed by atoms with Gasteiger partial charge in [0.15, 0.2) is 5.78 Å². The van der Waals surface area contributed by atoms with E-state index in [0.29, 0.717) is 29.9 Å². The monoisotopic (exact) mass is 495 g/mol. The van der Waals surface area contributed by atoms with E-state index in [1.165, 1.54) is 7.11 Å². The molecular formula is C29H37NO6. The molecule has 4 rings (SSSR count). The van der Waals surface area contributed by atoms with Crippen LogP contribution in [0, 0.1) is 11.8 Å². The molecule has 3 atom stereocenters. The zero-order valence-corrected chi connectivity index (χ0v) is 21.7. The molecular weight excluding hydrogens is 458 g/mol. The van der Waals surface area contributed by atoms with Crippen molar-refractivity contribution in [3.8, 4) is 5.75 Å². The van der Waals surface area contributed by atoms with Crippen molar-refractivity contribution in [2.45, 2.75) is 77.7 Å². The molecule has 1 heterocycles. The Morgan fingerprint density at radius 3 is 2.42 bits per heavy atom. The van der Waals surface area contributed by atoms with Crippen molar-refractivity contribution in [1.82, 2.24) is 5.32 Å². The van der Waals surface area contributed by atoms with E-state index in [1.807, 2.05) is 45.0 Å². The number of benzene rings is 1. The minimum atomic E-state index is -0.903. The molecule has 2 aliphatic carbocycles. The lowest BCUT2D eigenvalue weighted by atomic mass is 9.69. The highest BCUT2D eigenvalue weighted by Gasteiger charge is 2.47. The Morgan fingerprint density at radius 2 is 1.78 bits per heavy atom. The molecule has 194 valence electrons. The van der Waals surface area contributed by atoms with Gasteiger partial charge in [-0.3, -0.25) is 9.59 Å². The average Bonchev–Trinajstić information content (AvgIpc) is 2.87. The Hall–Kier alpha value is -3.09. The number of allylic oxidation sites excluding steroid dienone is 3. The molecule has 3 aliphatic rings. The molecule has 1 fully saturated rings. The van der Waals surface area contributed by atoms with Gasteiger partial charge in [-0.15, -0.1) is 0 Å². The number of Topliss-reactive ketones (excluding diaryl/α,β-unsaturated/α-hetero) is 1. The SMILES string of the molecule is CCCOc1ccc(C2C(C(=O)OC3CCCCC3)=C(C)NC3=C2C(=O)C(C(=O)OC)C(C)C3)cc1. The number of carbonyl (C=O) groups excluding carboxylic acids is 3. The highest BCUT2D eigenvalue weighted by atomic mass is 16.5. The van der Waals surface area contributed by atoms with Gasteiger partial charge >= 0.3 is 11.9 Å². The number of ether oxygens (including phenoxy) is 3. The topological polar surface area (TPSA) is 90.9 Å². The third-order valence-electron chi connectivity index (χ3n) is 7.48. The second-order valence-electron chi connectivity index (χ2n) is 10.1. The fourth-order valence-electron chi connectivity index (χ4n) is 5.66. The summed E-state index contributed by atoms with van der Waals surface area (Å²) in [6.07, 6.45) is 6.25. The largest absolute Gasteiger partial charge is 0.494 e. The van der Waals surface area contributed by atoms with E-state index < -0.39 is 23.8 Å². The molecule has 0 bridgehead atoms. The smallest absolute Gasteiger partial charge is 0.337 e. The Bertz CT molecular complexity index is 1060. The molecule has 0 radical (unpaired) electrons. The van der Waals surface area contributed by atoms with Crippen LogP contribution in [0.15, 0.2) is 46.8 Å². The van der Waals surface area contributed by atoms with Crippen molar-refractivity contribution in [3.63, 3.8) is 0 Å². The van der Waals surface area contributed by atoms with Crippen LogP contribution in [-0.2, 0) is 23.9 Å². The van der Waals surface area contributed by atoms with Gasteiger partial charge in [0.05, 0.1) is 19.3 Å². The quantitative estimate of drug-likeness (QED) is 0.422. The lowest BCUT2D eigenvalue weighted by Crippen LogP contribution is -2.43. The zero-order chi connectivity index (χ0) is 25.8. The van der Waals surface area contributed by atoms with Crippen LogP contribution >= 0.6 is 0 Å². The lowest BCUT2D eigenvalue weighted by Gasteiger charge is -2.38. The normalized spacial score (nSPS) is 24.7. The van der Waals surface area contributed by atoms with Gasteiger partial charge in [-0.25, -0.2) is 4.79 Å². The van der Waals surface area contributed by atoms with Crippen LogP contribution < -0.4 is 10.1 Å². The second kappa shape index (κ2) is 11.3. The predicted molar refractivity (Wildman–Crippen MR) is 135 cm³/mol. The fraction of sp³-hybridized carbons (Fsp3) is 0.552. The first-order valence-electron chi connectivity index (χ1n) is 13.1. The molecule has 0 amide bonds. The molecule has 1 saturated carbocycles. The van der Waals surface area contributed by atoms with E-state index in [2.05, 4.69) is 5.32 Å². The maximum atomic E-state index is 13.8. The molecule has 1 aromatic rings. The number of esters is 2. The molecule has 0 spiro atoms. The molecule has 7 nitrogen and oxygen atoms in total. The van der Waals surface area contributed by atoms with Crippen molar-refractivity contribution in [2.24, 2.45) is 11.8 Å². The maximum Gasteiger partial charge on any atom is 0.337 e. The number of hydrogen-bond acceptors (Lipinski definition) is 7. The predicted octanol–water partition coefficient (Wildman–Crippen LogP) is 4.96. The summed E-state index contributed by atoms with van der Waals surface area (Å²) in [5.41, 5.74) is 3.10. The third-order valence-corrected chi connectivity index (χ3v) is 7.48. The van der Waals surface area contributed by atoms with Gasteiger partial charge in [0.25, 0.3) is 0 Å². The van der Waals surface area contributed by atoms with E-state index in [9.17, 15) is 14.4 Å². The number of nitrogens with one attached hydrogen (secondary N) is 1. The minimum Gasteiger partial charge on any atom is -0.494 e. The summed E-state index contributed by atoms with van der Waals surface area (Å²) >= 11 is 0. The standard InChI is InChI=1S/C29H37NO6/c1-5-15-35-20-13-11-19(12-14-20)25-24(29(33)36-21-9-7-6-8-10-21)18(3)30-22-16-17(2)23(28(32)34-4)27(31)26(22)25/h11-14,17,21,23,25,30H,5-10,15-16H2,1-4H3. The number of methoxy groups -OCH3 is 1. The van der Waals surface area contributed by atoms with Crippen molar-refractivity contribution >= 4 is 17.7 Å². The first kappa shape index (κ1) is 26.0. The fourth-order valence-corrected chi connectivity index (χ4v) is 5.66. The summed E-state index contributed by atoms with van der Waals surface area (Å²) in [4.78, 5) is 40.0. The van der Waals surface area contributed by atoms with Crippen LogP contribution in [0.25, 0.3) is 0 Å². The minimum absolute atomic E-state index is 0.114. The highest BCUT2D eigenvalue weighted by Crippen LogP contribution is 2.46. The summed E-state index contributed by atoms with van der Waals surface area (Å²) < 4.78 is 16.7. The summed E-state index contributed by atoms with van der Waals surface area (Å²) in [7, 11) is 1.30. The number of ketones is 1. The van der Waals surface area contributed by atoms with E-state index in [4.69, 9.17) is 14.2 Å². The summed E-state index contributed by atoms with van der Waals surface area (Å²) in [5.74, 6) is -2.27. The van der Waals surface area contributed by atoms with Gasteiger partial charge in [-0.1, -0.05) is 32.4 Å². The van der Waals surface area contributed by atoms with Crippen LogP contribution in [0.5, 0.6) is 5.75 Å². The van der Waals surface area contributed by atoms with E-state index in [1.54, 1.807) is 0 Å². The van der Waals surface area contributed by atoms with Crippen molar-refractivity contribution < 1.29 is 28.6 Å². The summed E-state index contributed by atoms with van der Waals surface area (Å²) in [6.45, 7) is 6.39. The maximum absolute atomic E-state index is 13.8. The Labute approximate surface area is 213 Å². The number of hydrogen-bond donors (Lipinski definition) is 1.